The lowest BCUT2D eigenvalue weighted by Crippen LogP contribution is -2.56. The van der Waals surface area contributed by atoms with Crippen LogP contribution < -0.4 is 0 Å². The molecule has 5 atom stereocenters. The van der Waals surface area contributed by atoms with Gasteiger partial charge in [-0.05, 0) is 23.8 Å². The van der Waals surface area contributed by atoms with Gasteiger partial charge in [0.2, 0.25) is 5.60 Å². The SMILES string of the molecule is CO/N=C1\N=CCc2c1ccn2[C@@H]1OC([C@](O)(c2ccc(Cl)cc2)C(F)(F)F)[C@@H](O)[C@H]1O. The number of fused-ring (bicyclic) bond motifs is 1. The van der Waals surface area contributed by atoms with E-state index in [0.717, 1.165) is 12.1 Å². The number of benzene rings is 1. The zero-order chi connectivity index (χ0) is 23.3. The molecule has 0 aliphatic carbocycles. The third kappa shape index (κ3) is 3.50. The van der Waals surface area contributed by atoms with Crippen LogP contribution in [0.15, 0.2) is 46.7 Å². The molecule has 1 saturated heterocycles. The number of nitrogens with zero attached hydrogens (tertiary/aromatic N) is 3. The molecule has 32 heavy (non-hydrogen) atoms. The van der Waals surface area contributed by atoms with E-state index in [9.17, 15) is 28.5 Å². The minimum Gasteiger partial charge on any atom is -0.397 e. The highest BCUT2D eigenvalue weighted by Crippen LogP contribution is 2.48. The first-order valence-corrected chi connectivity index (χ1v) is 9.88. The van der Waals surface area contributed by atoms with Crippen LogP contribution in [0.5, 0.6) is 0 Å². The fourth-order valence-corrected chi connectivity index (χ4v) is 4.14. The van der Waals surface area contributed by atoms with Crippen molar-refractivity contribution in [2.24, 2.45) is 10.1 Å². The lowest BCUT2D eigenvalue weighted by atomic mass is 9.84. The number of halogens is 4. The number of aliphatic hydroxyl groups is 3. The quantitative estimate of drug-likeness (QED) is 0.590. The smallest absolute Gasteiger partial charge is 0.397 e. The summed E-state index contributed by atoms with van der Waals surface area (Å²) in [6.45, 7) is 0. The van der Waals surface area contributed by atoms with Crippen molar-refractivity contribution in [3.8, 4) is 0 Å². The lowest BCUT2D eigenvalue weighted by Gasteiger charge is -2.37. The van der Waals surface area contributed by atoms with Crippen molar-refractivity contribution in [3.63, 3.8) is 0 Å². The van der Waals surface area contributed by atoms with Gasteiger partial charge in [-0.3, -0.25) is 0 Å². The van der Waals surface area contributed by atoms with E-state index in [1.165, 1.54) is 36.2 Å². The average molecular weight is 474 g/mol. The summed E-state index contributed by atoms with van der Waals surface area (Å²) in [5.74, 6) is 0.241. The first-order valence-electron chi connectivity index (χ1n) is 9.50. The van der Waals surface area contributed by atoms with E-state index in [0.29, 0.717) is 11.3 Å². The first-order chi connectivity index (χ1) is 15.1. The fourth-order valence-electron chi connectivity index (χ4n) is 4.01. The van der Waals surface area contributed by atoms with E-state index >= 15 is 0 Å². The summed E-state index contributed by atoms with van der Waals surface area (Å²) in [6, 6.07) is 5.94. The van der Waals surface area contributed by atoms with Gasteiger partial charge in [0.05, 0.1) is 0 Å². The second-order valence-electron chi connectivity index (χ2n) is 7.40. The minimum atomic E-state index is -5.23. The van der Waals surface area contributed by atoms with E-state index in [4.69, 9.17) is 21.2 Å². The number of hydrogen-bond donors (Lipinski definition) is 3. The molecule has 4 rings (SSSR count). The Labute approximate surface area is 185 Å². The number of oxime groups is 1. The van der Waals surface area contributed by atoms with Crippen molar-refractivity contribution in [1.29, 1.82) is 0 Å². The molecule has 2 aliphatic heterocycles. The molecule has 1 unspecified atom stereocenters. The Hall–Kier alpha value is -2.44. The second kappa shape index (κ2) is 8.16. The summed E-state index contributed by atoms with van der Waals surface area (Å²) in [5, 5.41) is 35.9. The molecule has 12 heteroatoms. The summed E-state index contributed by atoms with van der Waals surface area (Å²) < 4.78 is 49.2. The van der Waals surface area contributed by atoms with Crippen LogP contribution in [-0.2, 0) is 21.6 Å². The molecule has 0 spiro atoms. The van der Waals surface area contributed by atoms with Gasteiger partial charge in [0.1, 0.15) is 25.4 Å². The van der Waals surface area contributed by atoms with Crippen LogP contribution >= 0.6 is 11.6 Å². The molecule has 0 saturated carbocycles. The topological polar surface area (TPSA) is 109 Å². The molecule has 0 bridgehead atoms. The number of aromatic nitrogens is 1. The maximum absolute atomic E-state index is 14.1. The van der Waals surface area contributed by atoms with Crippen molar-refractivity contribution < 1.29 is 38.1 Å². The summed E-state index contributed by atoms with van der Waals surface area (Å²) in [4.78, 5) is 8.85. The molecule has 172 valence electrons. The molecule has 1 fully saturated rings. The lowest BCUT2D eigenvalue weighted by molar-refractivity contribution is -0.310. The van der Waals surface area contributed by atoms with Gasteiger partial charge in [-0.2, -0.15) is 13.2 Å². The molecule has 0 amide bonds. The van der Waals surface area contributed by atoms with Crippen molar-refractivity contribution in [3.05, 3.63) is 58.4 Å². The number of aliphatic imine (C=N–C) groups is 1. The van der Waals surface area contributed by atoms with Gasteiger partial charge in [-0.25, -0.2) is 4.99 Å². The molecule has 2 aromatic rings. The van der Waals surface area contributed by atoms with Gasteiger partial charge >= 0.3 is 6.18 Å². The maximum atomic E-state index is 14.1. The second-order valence-corrected chi connectivity index (χ2v) is 7.83. The van der Waals surface area contributed by atoms with Gasteiger partial charge in [-0.1, -0.05) is 28.9 Å². The van der Waals surface area contributed by atoms with Crippen LogP contribution in [0.4, 0.5) is 13.2 Å². The van der Waals surface area contributed by atoms with Crippen LogP contribution in [0, 0.1) is 0 Å². The van der Waals surface area contributed by atoms with Crippen LogP contribution in [0.1, 0.15) is 23.0 Å². The zero-order valence-electron chi connectivity index (χ0n) is 16.6. The average Bonchev–Trinajstić information content (AvgIpc) is 3.30. The molecular formula is C20H19ClF3N3O5. The molecule has 3 heterocycles. The highest BCUT2D eigenvalue weighted by molar-refractivity contribution is 6.30. The van der Waals surface area contributed by atoms with Crippen LogP contribution in [0.3, 0.4) is 0 Å². The Bertz CT molecular complexity index is 1060. The van der Waals surface area contributed by atoms with Crippen molar-refractivity contribution in [1.82, 2.24) is 4.57 Å². The van der Waals surface area contributed by atoms with E-state index in [-0.39, 0.29) is 17.3 Å². The third-order valence-electron chi connectivity index (χ3n) is 5.58. The normalized spacial score (nSPS) is 28.6. The third-order valence-corrected chi connectivity index (χ3v) is 5.83. The highest BCUT2D eigenvalue weighted by atomic mass is 35.5. The van der Waals surface area contributed by atoms with Gasteiger partial charge in [0.25, 0.3) is 0 Å². The van der Waals surface area contributed by atoms with E-state index in [1.807, 2.05) is 0 Å². The standard InChI is InChI=1S/C20H19ClF3N3O5/c1-31-26-17-12-7-9-27(13(12)6-8-25-17)18-15(29)14(28)16(32-18)19(30,20(22,23)24)10-2-4-11(21)5-3-10/h2-5,7-9,14-16,18,28-30H,6H2,1H3/b26-17-/t14-,15+,16?,18+,19+/m0/s1. The van der Waals surface area contributed by atoms with Crippen molar-refractivity contribution in [2.75, 3.05) is 7.11 Å². The van der Waals surface area contributed by atoms with Crippen LogP contribution in [-0.4, -0.2) is 63.5 Å². The molecule has 8 nitrogen and oxygen atoms in total. The Morgan fingerprint density at radius 2 is 1.88 bits per heavy atom. The van der Waals surface area contributed by atoms with Gasteiger partial charge in [0, 0.05) is 35.1 Å². The van der Waals surface area contributed by atoms with Crippen LogP contribution in [0.2, 0.25) is 5.02 Å². The number of rotatable bonds is 4. The van der Waals surface area contributed by atoms with Gasteiger partial charge < -0.3 is 29.5 Å². The first kappa shape index (κ1) is 22.7. The Kier molecular flexibility index (Phi) is 5.80. The number of alkyl halides is 3. The Morgan fingerprint density at radius 1 is 1.19 bits per heavy atom. The minimum absolute atomic E-state index is 0.165. The van der Waals surface area contributed by atoms with E-state index < -0.39 is 41.9 Å². The molecule has 0 radical (unpaired) electrons. The van der Waals surface area contributed by atoms with E-state index in [1.54, 1.807) is 6.07 Å². The summed E-state index contributed by atoms with van der Waals surface area (Å²) in [6.07, 6.45) is -9.40. The number of hydrogen-bond acceptors (Lipinski definition) is 6. The van der Waals surface area contributed by atoms with Crippen molar-refractivity contribution >= 4 is 23.7 Å². The molecular weight excluding hydrogens is 455 g/mol. The van der Waals surface area contributed by atoms with Gasteiger partial charge in [0.15, 0.2) is 12.1 Å². The number of ether oxygens (including phenoxy) is 1. The molecule has 1 aromatic heterocycles. The molecule has 1 aromatic carbocycles. The van der Waals surface area contributed by atoms with Gasteiger partial charge in [-0.15, -0.1) is 0 Å². The zero-order valence-corrected chi connectivity index (χ0v) is 17.3. The van der Waals surface area contributed by atoms with Crippen molar-refractivity contribution in [2.45, 2.75) is 42.7 Å². The van der Waals surface area contributed by atoms with E-state index in [2.05, 4.69) is 10.1 Å². The highest BCUT2D eigenvalue weighted by Gasteiger charge is 2.66. The number of aliphatic hydroxyl groups excluding tert-OH is 2. The predicted molar refractivity (Wildman–Crippen MR) is 108 cm³/mol. The molecule has 3 N–H and O–H groups in total. The maximum Gasteiger partial charge on any atom is 0.424 e. The molecule has 2 aliphatic rings. The number of amidine groups is 1. The largest absolute Gasteiger partial charge is 0.424 e. The monoisotopic (exact) mass is 473 g/mol. The Balaban J connectivity index is 1.74. The summed E-state index contributed by atoms with van der Waals surface area (Å²) in [7, 11) is 1.34. The summed E-state index contributed by atoms with van der Waals surface area (Å²) in [5.41, 5.74) is -3.12. The fraction of sp³-hybridized carbons (Fsp3) is 0.400. The van der Waals surface area contributed by atoms with Crippen LogP contribution in [0.25, 0.3) is 0 Å². The summed E-state index contributed by atoms with van der Waals surface area (Å²) >= 11 is 5.76. The predicted octanol–water partition coefficient (Wildman–Crippen LogP) is 2.15. The Morgan fingerprint density at radius 3 is 2.50 bits per heavy atom.